The van der Waals surface area contributed by atoms with Crippen LogP contribution in [0.1, 0.15) is 17.4 Å². The van der Waals surface area contributed by atoms with E-state index < -0.39 is 10.0 Å². The van der Waals surface area contributed by atoms with E-state index in [-0.39, 0.29) is 12.6 Å². The molecule has 3 rings (SSSR count). The Morgan fingerprint density at radius 1 is 1.17 bits per heavy atom. The molecule has 1 atom stereocenters. The lowest BCUT2D eigenvalue weighted by Gasteiger charge is -2.15. The van der Waals surface area contributed by atoms with Crippen molar-refractivity contribution in [3.8, 4) is 0 Å². The van der Waals surface area contributed by atoms with Gasteiger partial charge in [0.2, 0.25) is 10.0 Å². The van der Waals surface area contributed by atoms with Gasteiger partial charge in [0.15, 0.2) is 0 Å². The van der Waals surface area contributed by atoms with Crippen molar-refractivity contribution < 1.29 is 12.8 Å². The highest BCUT2D eigenvalue weighted by Crippen LogP contribution is 2.17. The molecule has 24 heavy (non-hydrogen) atoms. The Morgan fingerprint density at radius 3 is 2.67 bits per heavy atom. The molecule has 1 aromatic carbocycles. The average Bonchev–Trinajstić information content (AvgIpc) is 3.28. The lowest BCUT2D eigenvalue weighted by molar-refractivity contribution is 0.403. The summed E-state index contributed by atoms with van der Waals surface area (Å²) < 4.78 is 34.0. The topological polar surface area (TPSA) is 77.1 Å². The molecule has 0 saturated carbocycles. The first kappa shape index (κ1) is 16.2. The Labute approximate surface area is 140 Å². The molecule has 0 bridgehead atoms. The lowest BCUT2D eigenvalue weighted by Crippen LogP contribution is -2.30. The van der Waals surface area contributed by atoms with Gasteiger partial charge in [-0.05, 0) is 29.8 Å². The van der Waals surface area contributed by atoms with Crippen LogP contribution in [0.5, 0.6) is 0 Å². The van der Waals surface area contributed by atoms with Gasteiger partial charge >= 0.3 is 0 Å². The minimum atomic E-state index is -3.57. The van der Waals surface area contributed by atoms with E-state index in [2.05, 4.69) is 9.82 Å². The van der Waals surface area contributed by atoms with Crippen molar-refractivity contribution in [2.75, 3.05) is 6.54 Å². The van der Waals surface area contributed by atoms with E-state index in [1.807, 2.05) is 30.3 Å². The summed E-state index contributed by atoms with van der Waals surface area (Å²) in [5, 5.41) is 5.33. The normalized spacial score (nSPS) is 13.3. The SMILES string of the molecule is O=S(=O)(/C=C/c1ccccc1)NC[C@H](c1ccco1)n1cccn1. The third-order valence-corrected chi connectivity index (χ3v) is 4.50. The number of furan rings is 1. The number of benzene rings is 1. The highest BCUT2D eigenvalue weighted by Gasteiger charge is 2.19. The maximum absolute atomic E-state index is 12.2. The lowest BCUT2D eigenvalue weighted by atomic mass is 10.2. The number of rotatable bonds is 7. The Morgan fingerprint density at radius 2 is 2.00 bits per heavy atom. The van der Waals surface area contributed by atoms with Crippen LogP contribution in [0.15, 0.2) is 77.0 Å². The Hall–Kier alpha value is -2.64. The quantitative estimate of drug-likeness (QED) is 0.715. The number of hydrogen-bond acceptors (Lipinski definition) is 4. The summed E-state index contributed by atoms with van der Waals surface area (Å²) in [6, 6.07) is 14.2. The van der Waals surface area contributed by atoms with E-state index in [0.717, 1.165) is 11.0 Å². The Balaban J connectivity index is 1.71. The fourth-order valence-electron chi connectivity index (χ4n) is 2.25. The first-order valence-corrected chi connectivity index (χ1v) is 8.94. The molecule has 0 fully saturated rings. The molecule has 7 heteroatoms. The van der Waals surface area contributed by atoms with Crippen LogP contribution >= 0.6 is 0 Å². The predicted octanol–water partition coefficient (Wildman–Crippen LogP) is 2.66. The van der Waals surface area contributed by atoms with Crippen molar-refractivity contribution in [2.45, 2.75) is 6.04 Å². The van der Waals surface area contributed by atoms with Gasteiger partial charge in [-0.1, -0.05) is 30.3 Å². The van der Waals surface area contributed by atoms with Gasteiger partial charge in [-0.3, -0.25) is 4.68 Å². The minimum Gasteiger partial charge on any atom is -0.467 e. The number of hydrogen-bond donors (Lipinski definition) is 1. The van der Waals surface area contributed by atoms with Gasteiger partial charge in [-0.2, -0.15) is 5.10 Å². The molecule has 0 aliphatic rings. The van der Waals surface area contributed by atoms with Crippen LogP contribution in [0, 0.1) is 0 Å². The third-order valence-electron chi connectivity index (χ3n) is 3.43. The summed E-state index contributed by atoms with van der Waals surface area (Å²) in [5.74, 6) is 0.633. The zero-order chi connectivity index (χ0) is 16.8. The van der Waals surface area contributed by atoms with Crippen molar-refractivity contribution >= 4 is 16.1 Å². The predicted molar refractivity (Wildman–Crippen MR) is 91.5 cm³/mol. The summed E-state index contributed by atoms with van der Waals surface area (Å²) in [7, 11) is -3.57. The van der Waals surface area contributed by atoms with E-state index in [9.17, 15) is 8.42 Å². The van der Waals surface area contributed by atoms with Gasteiger partial charge in [-0.25, -0.2) is 13.1 Å². The van der Waals surface area contributed by atoms with Crippen molar-refractivity contribution in [1.29, 1.82) is 0 Å². The Kier molecular flexibility index (Phi) is 4.93. The van der Waals surface area contributed by atoms with E-state index >= 15 is 0 Å². The van der Waals surface area contributed by atoms with Gasteiger partial charge in [-0.15, -0.1) is 0 Å². The van der Waals surface area contributed by atoms with Crippen molar-refractivity contribution in [3.05, 3.63) is 83.9 Å². The number of nitrogens with zero attached hydrogens (tertiary/aromatic N) is 2. The van der Waals surface area contributed by atoms with Crippen LogP contribution in [-0.4, -0.2) is 24.7 Å². The molecule has 2 aromatic heterocycles. The largest absolute Gasteiger partial charge is 0.467 e. The van der Waals surface area contributed by atoms with Crippen LogP contribution in [-0.2, 0) is 10.0 Å². The summed E-state index contributed by atoms with van der Waals surface area (Å²) in [6.45, 7) is 0.136. The second kappa shape index (κ2) is 7.29. The highest BCUT2D eigenvalue weighted by atomic mass is 32.2. The average molecular weight is 343 g/mol. The van der Waals surface area contributed by atoms with Gasteiger partial charge in [0.05, 0.1) is 6.26 Å². The van der Waals surface area contributed by atoms with E-state index in [4.69, 9.17) is 4.42 Å². The fraction of sp³-hybridized carbons (Fsp3) is 0.118. The molecular formula is C17H17N3O3S. The summed E-state index contributed by atoms with van der Waals surface area (Å²) in [6.07, 6.45) is 6.51. The molecule has 0 aliphatic carbocycles. The first-order valence-electron chi connectivity index (χ1n) is 7.39. The molecule has 1 N–H and O–H groups in total. The molecule has 0 spiro atoms. The van der Waals surface area contributed by atoms with Crippen LogP contribution < -0.4 is 4.72 Å². The summed E-state index contributed by atoms with van der Waals surface area (Å²) >= 11 is 0. The zero-order valence-corrected chi connectivity index (χ0v) is 13.6. The number of sulfonamides is 1. The summed E-state index contributed by atoms with van der Waals surface area (Å²) in [4.78, 5) is 0. The van der Waals surface area contributed by atoms with Gasteiger partial charge in [0.25, 0.3) is 0 Å². The number of aromatic nitrogens is 2. The van der Waals surface area contributed by atoms with Crippen molar-refractivity contribution in [3.63, 3.8) is 0 Å². The first-order chi connectivity index (χ1) is 11.6. The highest BCUT2D eigenvalue weighted by molar-refractivity contribution is 7.92. The van der Waals surface area contributed by atoms with Crippen LogP contribution in [0.2, 0.25) is 0 Å². The van der Waals surface area contributed by atoms with Crippen LogP contribution in [0.3, 0.4) is 0 Å². The molecule has 6 nitrogen and oxygen atoms in total. The van der Waals surface area contributed by atoms with Gasteiger partial charge in [0.1, 0.15) is 11.8 Å². The fourth-order valence-corrected chi connectivity index (χ4v) is 3.07. The molecule has 2 heterocycles. The smallest absolute Gasteiger partial charge is 0.233 e. The second-order valence-electron chi connectivity index (χ2n) is 5.12. The minimum absolute atomic E-state index is 0.136. The Bertz CT molecular complexity index is 836. The molecule has 0 amide bonds. The summed E-state index contributed by atoms with van der Waals surface area (Å²) in [5.41, 5.74) is 0.817. The molecule has 3 aromatic rings. The maximum Gasteiger partial charge on any atom is 0.233 e. The maximum atomic E-state index is 12.2. The van der Waals surface area contributed by atoms with E-state index in [1.54, 1.807) is 47.6 Å². The monoisotopic (exact) mass is 343 g/mol. The zero-order valence-electron chi connectivity index (χ0n) is 12.8. The second-order valence-corrected chi connectivity index (χ2v) is 6.78. The molecule has 0 saturated heterocycles. The van der Waals surface area contributed by atoms with E-state index in [0.29, 0.717) is 5.76 Å². The molecule has 0 unspecified atom stereocenters. The van der Waals surface area contributed by atoms with Crippen LogP contribution in [0.4, 0.5) is 0 Å². The molecule has 0 radical (unpaired) electrons. The molecule has 124 valence electrons. The standard InChI is InChI=1S/C17H17N3O3S/c21-24(22,13-9-15-6-2-1-3-7-15)19-14-16(17-8-4-12-23-17)20-11-5-10-18-20/h1-13,16,19H,14H2/b13-9+/t16-/m1/s1. The van der Waals surface area contributed by atoms with Gasteiger partial charge in [0, 0.05) is 24.3 Å². The molecule has 0 aliphatic heterocycles. The van der Waals surface area contributed by atoms with Gasteiger partial charge < -0.3 is 4.42 Å². The third kappa shape index (κ3) is 4.21. The van der Waals surface area contributed by atoms with Crippen LogP contribution in [0.25, 0.3) is 6.08 Å². The number of nitrogens with one attached hydrogen (secondary N) is 1. The van der Waals surface area contributed by atoms with Crippen molar-refractivity contribution in [1.82, 2.24) is 14.5 Å². The van der Waals surface area contributed by atoms with E-state index in [1.165, 1.54) is 0 Å². The molecular weight excluding hydrogens is 326 g/mol. The van der Waals surface area contributed by atoms with Crippen molar-refractivity contribution in [2.24, 2.45) is 0 Å².